The monoisotopic (exact) mass is 312 g/mol. The first-order chi connectivity index (χ1) is 11.1. The number of nitro groups is 1. The summed E-state index contributed by atoms with van der Waals surface area (Å²) in [6.07, 6.45) is 1.67. The Hall–Kier alpha value is -3.29. The first kappa shape index (κ1) is 14.6. The molecule has 0 saturated carbocycles. The van der Waals surface area contributed by atoms with Gasteiger partial charge in [-0.1, -0.05) is 11.3 Å². The Morgan fingerprint density at radius 3 is 2.70 bits per heavy atom. The molecule has 116 valence electrons. The molecule has 2 aromatic heterocycles. The lowest BCUT2D eigenvalue weighted by atomic mass is 10.0. The third-order valence-corrected chi connectivity index (χ3v) is 3.30. The van der Waals surface area contributed by atoms with Crippen LogP contribution < -0.4 is 0 Å². The van der Waals surface area contributed by atoms with Crippen LogP contribution in [-0.2, 0) is 4.74 Å². The summed E-state index contributed by atoms with van der Waals surface area (Å²) in [4.78, 5) is 22.3. The van der Waals surface area contributed by atoms with Crippen LogP contribution in [-0.4, -0.2) is 32.3 Å². The molecule has 2 heterocycles. The van der Waals surface area contributed by atoms with Gasteiger partial charge in [0.2, 0.25) is 0 Å². The second-order valence-electron chi connectivity index (χ2n) is 4.68. The average molecular weight is 312 g/mol. The number of pyridine rings is 1. The highest BCUT2D eigenvalue weighted by atomic mass is 16.6. The van der Waals surface area contributed by atoms with Crippen LogP contribution in [0.5, 0.6) is 0 Å². The summed E-state index contributed by atoms with van der Waals surface area (Å²) in [6.45, 7) is 1.94. The lowest BCUT2D eigenvalue weighted by Gasteiger charge is -2.05. The minimum absolute atomic E-state index is 0.00190. The first-order valence-corrected chi connectivity index (χ1v) is 6.87. The number of non-ortho nitro benzene ring substituents is 1. The van der Waals surface area contributed by atoms with Gasteiger partial charge in [-0.3, -0.25) is 10.1 Å². The molecule has 0 atom stereocenters. The zero-order valence-corrected chi connectivity index (χ0v) is 12.2. The predicted octanol–water partition coefficient (Wildman–Crippen LogP) is 2.48. The lowest BCUT2D eigenvalue weighted by Crippen LogP contribution is -2.06. The van der Waals surface area contributed by atoms with Crippen molar-refractivity contribution in [2.45, 2.75) is 6.92 Å². The highest BCUT2D eigenvalue weighted by molar-refractivity contribution is 5.99. The fraction of sp³-hybridized carbons (Fsp3) is 0.133. The van der Waals surface area contributed by atoms with Crippen molar-refractivity contribution in [1.82, 2.24) is 14.8 Å². The van der Waals surface area contributed by atoms with E-state index in [4.69, 9.17) is 4.74 Å². The van der Waals surface area contributed by atoms with Crippen molar-refractivity contribution < 1.29 is 14.5 Å². The SMILES string of the molecule is CCOC(=O)c1nnn2cccc(-c3ccc([N+](=O)[O-])cc3)c12. The number of carbonyl (C=O) groups is 1. The number of benzene rings is 1. The van der Waals surface area contributed by atoms with Gasteiger partial charge in [0, 0.05) is 23.9 Å². The van der Waals surface area contributed by atoms with Gasteiger partial charge in [-0.2, -0.15) is 0 Å². The Labute approximate surface area is 130 Å². The van der Waals surface area contributed by atoms with Gasteiger partial charge in [0.1, 0.15) is 5.52 Å². The van der Waals surface area contributed by atoms with Crippen LogP contribution in [0.1, 0.15) is 17.4 Å². The Bertz CT molecular complexity index is 886. The van der Waals surface area contributed by atoms with E-state index >= 15 is 0 Å². The molecule has 0 fully saturated rings. The number of fused-ring (bicyclic) bond motifs is 1. The molecule has 0 aliphatic heterocycles. The highest BCUT2D eigenvalue weighted by Crippen LogP contribution is 2.28. The van der Waals surface area contributed by atoms with E-state index in [1.54, 1.807) is 37.4 Å². The van der Waals surface area contributed by atoms with Crippen molar-refractivity contribution in [2.75, 3.05) is 6.61 Å². The maximum absolute atomic E-state index is 12.0. The zero-order chi connectivity index (χ0) is 16.4. The molecule has 0 N–H and O–H groups in total. The van der Waals surface area contributed by atoms with E-state index in [2.05, 4.69) is 10.3 Å². The second kappa shape index (κ2) is 5.84. The number of ether oxygens (including phenoxy) is 1. The van der Waals surface area contributed by atoms with Gasteiger partial charge in [-0.05, 0) is 30.7 Å². The van der Waals surface area contributed by atoms with E-state index in [1.165, 1.54) is 16.6 Å². The fourth-order valence-corrected chi connectivity index (χ4v) is 2.28. The van der Waals surface area contributed by atoms with Gasteiger partial charge in [0.05, 0.1) is 11.5 Å². The summed E-state index contributed by atoms with van der Waals surface area (Å²) in [5.41, 5.74) is 2.02. The maximum Gasteiger partial charge on any atom is 0.361 e. The molecule has 0 aliphatic rings. The molecular weight excluding hydrogens is 300 g/mol. The molecule has 0 aliphatic carbocycles. The van der Waals surface area contributed by atoms with Gasteiger partial charge in [0.25, 0.3) is 5.69 Å². The lowest BCUT2D eigenvalue weighted by molar-refractivity contribution is -0.384. The van der Waals surface area contributed by atoms with Crippen molar-refractivity contribution >= 4 is 17.2 Å². The van der Waals surface area contributed by atoms with Crippen molar-refractivity contribution in [3.05, 3.63) is 58.4 Å². The van der Waals surface area contributed by atoms with E-state index in [0.717, 1.165) is 0 Å². The summed E-state index contributed by atoms with van der Waals surface area (Å²) < 4.78 is 6.47. The minimum Gasteiger partial charge on any atom is -0.461 e. The number of carbonyl (C=O) groups excluding carboxylic acids is 1. The van der Waals surface area contributed by atoms with Crippen molar-refractivity contribution in [3.8, 4) is 11.1 Å². The minimum atomic E-state index is -0.558. The number of hydrogen-bond acceptors (Lipinski definition) is 6. The van der Waals surface area contributed by atoms with Crippen molar-refractivity contribution in [3.63, 3.8) is 0 Å². The van der Waals surface area contributed by atoms with E-state index in [9.17, 15) is 14.9 Å². The van der Waals surface area contributed by atoms with Gasteiger partial charge in [0.15, 0.2) is 5.69 Å². The molecule has 1 aromatic carbocycles. The van der Waals surface area contributed by atoms with E-state index in [0.29, 0.717) is 16.6 Å². The first-order valence-electron chi connectivity index (χ1n) is 6.87. The molecule has 0 saturated heterocycles. The van der Waals surface area contributed by atoms with Crippen LogP contribution in [0.3, 0.4) is 0 Å². The van der Waals surface area contributed by atoms with Crippen LogP contribution in [0.25, 0.3) is 16.6 Å². The third kappa shape index (κ3) is 2.61. The van der Waals surface area contributed by atoms with Crippen LogP contribution in [0.2, 0.25) is 0 Å². The Morgan fingerprint density at radius 2 is 2.04 bits per heavy atom. The number of nitro benzene ring substituents is 1. The second-order valence-corrected chi connectivity index (χ2v) is 4.68. The number of aromatic nitrogens is 3. The van der Waals surface area contributed by atoms with Crippen LogP contribution in [0, 0.1) is 10.1 Å². The molecule has 23 heavy (non-hydrogen) atoms. The Kier molecular flexibility index (Phi) is 3.71. The average Bonchev–Trinajstić information content (AvgIpc) is 2.99. The number of nitrogens with zero attached hydrogens (tertiary/aromatic N) is 4. The molecule has 3 aromatic rings. The Balaban J connectivity index is 2.15. The third-order valence-electron chi connectivity index (χ3n) is 3.30. The van der Waals surface area contributed by atoms with Gasteiger partial charge < -0.3 is 4.74 Å². The normalized spacial score (nSPS) is 10.7. The largest absolute Gasteiger partial charge is 0.461 e. The van der Waals surface area contributed by atoms with E-state index < -0.39 is 10.9 Å². The fourth-order valence-electron chi connectivity index (χ4n) is 2.28. The number of rotatable bonds is 4. The van der Waals surface area contributed by atoms with Gasteiger partial charge >= 0.3 is 5.97 Å². The Morgan fingerprint density at radius 1 is 1.30 bits per heavy atom. The summed E-state index contributed by atoms with van der Waals surface area (Å²) in [5, 5.41) is 18.5. The molecular formula is C15H12N4O4. The molecule has 8 heteroatoms. The summed E-state index contributed by atoms with van der Waals surface area (Å²) in [6, 6.07) is 9.61. The molecule has 0 unspecified atom stereocenters. The van der Waals surface area contributed by atoms with Gasteiger partial charge in [-0.15, -0.1) is 5.10 Å². The van der Waals surface area contributed by atoms with Crippen molar-refractivity contribution in [2.24, 2.45) is 0 Å². The molecule has 0 radical (unpaired) electrons. The topological polar surface area (TPSA) is 99.6 Å². The quantitative estimate of drug-likeness (QED) is 0.417. The van der Waals surface area contributed by atoms with Crippen molar-refractivity contribution in [1.29, 1.82) is 0 Å². The molecule has 0 amide bonds. The van der Waals surface area contributed by atoms with E-state index in [-0.39, 0.29) is 18.0 Å². The zero-order valence-electron chi connectivity index (χ0n) is 12.2. The highest BCUT2D eigenvalue weighted by Gasteiger charge is 2.19. The van der Waals surface area contributed by atoms with Crippen LogP contribution in [0.4, 0.5) is 5.69 Å². The molecule has 0 spiro atoms. The van der Waals surface area contributed by atoms with Gasteiger partial charge in [-0.25, -0.2) is 9.31 Å². The summed E-state index contributed by atoms with van der Waals surface area (Å²) >= 11 is 0. The molecule has 8 nitrogen and oxygen atoms in total. The standard InChI is InChI=1S/C15H12N4O4/c1-2-23-15(20)13-14-12(4-3-9-18(14)17-16-13)10-5-7-11(8-6-10)19(21)22/h3-9H,2H2,1H3. The maximum atomic E-state index is 12.0. The molecule has 3 rings (SSSR count). The van der Waals surface area contributed by atoms with Crippen LogP contribution in [0.15, 0.2) is 42.6 Å². The summed E-state index contributed by atoms with van der Waals surface area (Å²) in [5.74, 6) is -0.558. The smallest absolute Gasteiger partial charge is 0.361 e. The number of esters is 1. The predicted molar refractivity (Wildman–Crippen MR) is 81.0 cm³/mol. The summed E-state index contributed by atoms with van der Waals surface area (Å²) in [7, 11) is 0. The van der Waals surface area contributed by atoms with E-state index in [1.807, 2.05) is 0 Å². The number of hydrogen-bond donors (Lipinski definition) is 0. The molecule has 0 bridgehead atoms. The van der Waals surface area contributed by atoms with Crippen LogP contribution >= 0.6 is 0 Å².